The molecule has 3 heteroatoms. The molecule has 0 bridgehead atoms. The predicted molar refractivity (Wildman–Crippen MR) is 96.0 cm³/mol. The van der Waals surface area contributed by atoms with Crippen molar-refractivity contribution in [2.24, 2.45) is 5.92 Å². The van der Waals surface area contributed by atoms with Crippen molar-refractivity contribution in [2.75, 3.05) is 6.54 Å². The molecule has 0 fully saturated rings. The topological polar surface area (TPSA) is 42.2 Å². The molecule has 1 aromatic carbocycles. The lowest BCUT2D eigenvalue weighted by molar-refractivity contribution is 0.0919. The van der Waals surface area contributed by atoms with Crippen molar-refractivity contribution in [1.29, 1.82) is 0 Å². The first-order valence-electron chi connectivity index (χ1n) is 8.90. The molecule has 23 heavy (non-hydrogen) atoms. The summed E-state index contributed by atoms with van der Waals surface area (Å²) < 4.78 is 5.80. The summed E-state index contributed by atoms with van der Waals surface area (Å²) in [6.07, 6.45) is 5.67. The molecule has 0 aliphatic heterocycles. The van der Waals surface area contributed by atoms with Crippen molar-refractivity contribution in [3.05, 3.63) is 35.1 Å². The highest BCUT2D eigenvalue weighted by Gasteiger charge is 2.18. The molecule has 3 nitrogen and oxygen atoms in total. The lowest BCUT2D eigenvalue weighted by Gasteiger charge is -2.14. The van der Waals surface area contributed by atoms with Crippen LogP contribution in [-0.2, 0) is 6.42 Å². The summed E-state index contributed by atoms with van der Waals surface area (Å²) in [6, 6.07) is 6.15. The molecule has 0 aliphatic rings. The maximum Gasteiger partial charge on any atom is 0.287 e. The highest BCUT2D eigenvalue weighted by atomic mass is 16.3. The van der Waals surface area contributed by atoms with Gasteiger partial charge in [0.2, 0.25) is 0 Å². The van der Waals surface area contributed by atoms with E-state index < -0.39 is 0 Å². The number of unbranched alkanes of at least 4 members (excludes halogenated alkanes) is 1. The van der Waals surface area contributed by atoms with Gasteiger partial charge < -0.3 is 9.73 Å². The van der Waals surface area contributed by atoms with Crippen LogP contribution >= 0.6 is 0 Å². The maximum absolute atomic E-state index is 12.5. The molecule has 0 aliphatic carbocycles. The van der Waals surface area contributed by atoms with E-state index in [0.717, 1.165) is 35.9 Å². The molecule has 0 saturated carbocycles. The normalized spacial score (nSPS) is 12.5. The fourth-order valence-electron chi connectivity index (χ4n) is 2.97. The maximum atomic E-state index is 12.5. The molecule has 1 amide bonds. The second-order valence-electron chi connectivity index (χ2n) is 6.37. The van der Waals surface area contributed by atoms with Gasteiger partial charge in [0.1, 0.15) is 5.58 Å². The summed E-state index contributed by atoms with van der Waals surface area (Å²) in [7, 11) is 0. The van der Waals surface area contributed by atoms with Crippen LogP contribution in [0.25, 0.3) is 11.0 Å². The Balaban J connectivity index is 2.10. The van der Waals surface area contributed by atoms with E-state index in [1.807, 2.05) is 13.0 Å². The van der Waals surface area contributed by atoms with Gasteiger partial charge in [0.15, 0.2) is 5.76 Å². The molecule has 2 aromatic rings. The van der Waals surface area contributed by atoms with Crippen molar-refractivity contribution >= 4 is 16.9 Å². The van der Waals surface area contributed by atoms with Gasteiger partial charge in [-0.1, -0.05) is 46.1 Å². The number of carbonyl (C=O) groups is 1. The number of rotatable bonds is 8. The summed E-state index contributed by atoms with van der Waals surface area (Å²) in [5, 5.41) is 4.11. The Kier molecular flexibility index (Phi) is 6.26. The summed E-state index contributed by atoms with van der Waals surface area (Å²) in [6.45, 7) is 9.21. The molecule has 2 rings (SSSR count). The van der Waals surface area contributed by atoms with Gasteiger partial charge in [-0.2, -0.15) is 0 Å². The lowest BCUT2D eigenvalue weighted by atomic mass is 9.99. The van der Waals surface area contributed by atoms with Crippen molar-refractivity contribution in [2.45, 2.75) is 59.8 Å². The van der Waals surface area contributed by atoms with E-state index in [4.69, 9.17) is 4.42 Å². The van der Waals surface area contributed by atoms with Crippen LogP contribution in [0.4, 0.5) is 0 Å². The Morgan fingerprint density at radius 3 is 2.70 bits per heavy atom. The van der Waals surface area contributed by atoms with E-state index in [0.29, 0.717) is 11.7 Å². The smallest absolute Gasteiger partial charge is 0.287 e. The molecule has 1 atom stereocenters. The molecule has 1 heterocycles. The van der Waals surface area contributed by atoms with Crippen LogP contribution in [-0.4, -0.2) is 12.5 Å². The number of aryl methyl sites for hydroxylation is 2. The van der Waals surface area contributed by atoms with Gasteiger partial charge in [-0.3, -0.25) is 4.79 Å². The molecule has 0 spiro atoms. The average Bonchev–Trinajstić information content (AvgIpc) is 2.91. The molecule has 126 valence electrons. The van der Waals surface area contributed by atoms with E-state index in [1.54, 1.807) is 0 Å². The standard InChI is InChI=1S/C20H29NO2/c1-5-8-9-16(7-3)13-21-20(22)19-14(4)17-12-15(6-2)10-11-18(17)23-19/h10-12,16H,5-9,13H2,1-4H3,(H,21,22). The second-order valence-corrected chi connectivity index (χ2v) is 6.37. The van der Waals surface area contributed by atoms with Gasteiger partial charge in [0, 0.05) is 17.5 Å². The summed E-state index contributed by atoms with van der Waals surface area (Å²) in [4.78, 5) is 12.5. The molecule has 1 unspecified atom stereocenters. The van der Waals surface area contributed by atoms with Crippen molar-refractivity contribution < 1.29 is 9.21 Å². The Morgan fingerprint density at radius 2 is 2.04 bits per heavy atom. The highest BCUT2D eigenvalue weighted by molar-refractivity contribution is 5.99. The number of carbonyl (C=O) groups excluding carboxylic acids is 1. The SMILES string of the molecule is CCCCC(CC)CNC(=O)c1oc2ccc(CC)cc2c1C. The summed E-state index contributed by atoms with van der Waals surface area (Å²) in [5.41, 5.74) is 3.00. The Morgan fingerprint density at radius 1 is 1.26 bits per heavy atom. The molecular weight excluding hydrogens is 286 g/mol. The molecule has 1 aromatic heterocycles. The quantitative estimate of drug-likeness (QED) is 0.723. The summed E-state index contributed by atoms with van der Waals surface area (Å²) >= 11 is 0. The number of benzene rings is 1. The lowest BCUT2D eigenvalue weighted by Crippen LogP contribution is -2.29. The minimum absolute atomic E-state index is 0.0910. The fraction of sp³-hybridized carbons (Fsp3) is 0.550. The zero-order valence-corrected chi connectivity index (χ0v) is 14.9. The van der Waals surface area contributed by atoms with Crippen LogP contribution in [0.15, 0.2) is 22.6 Å². The van der Waals surface area contributed by atoms with E-state index >= 15 is 0 Å². The van der Waals surface area contributed by atoms with Crippen LogP contribution in [0, 0.1) is 12.8 Å². The highest BCUT2D eigenvalue weighted by Crippen LogP contribution is 2.26. The monoisotopic (exact) mass is 315 g/mol. The molecule has 0 saturated heterocycles. The summed E-state index contributed by atoms with van der Waals surface area (Å²) in [5.74, 6) is 0.917. The third kappa shape index (κ3) is 4.15. The minimum atomic E-state index is -0.0910. The molecular formula is C20H29NO2. The third-order valence-electron chi connectivity index (χ3n) is 4.71. The number of hydrogen-bond donors (Lipinski definition) is 1. The van der Waals surface area contributed by atoms with Crippen LogP contribution in [0.3, 0.4) is 0 Å². The first kappa shape index (κ1) is 17.6. The Labute approximate surface area is 139 Å². The van der Waals surface area contributed by atoms with Crippen LogP contribution in [0.5, 0.6) is 0 Å². The van der Waals surface area contributed by atoms with E-state index in [-0.39, 0.29) is 5.91 Å². The minimum Gasteiger partial charge on any atom is -0.451 e. The van der Waals surface area contributed by atoms with Crippen molar-refractivity contribution in [3.63, 3.8) is 0 Å². The van der Waals surface area contributed by atoms with Gasteiger partial charge in [-0.15, -0.1) is 0 Å². The van der Waals surface area contributed by atoms with E-state index in [2.05, 4.69) is 38.2 Å². The van der Waals surface area contributed by atoms with Crippen LogP contribution in [0.2, 0.25) is 0 Å². The fourth-order valence-corrected chi connectivity index (χ4v) is 2.97. The first-order chi connectivity index (χ1) is 11.1. The zero-order valence-electron chi connectivity index (χ0n) is 14.9. The van der Waals surface area contributed by atoms with E-state index in [9.17, 15) is 4.79 Å². The molecule has 0 radical (unpaired) electrons. The largest absolute Gasteiger partial charge is 0.451 e. The van der Waals surface area contributed by atoms with Gasteiger partial charge in [0.25, 0.3) is 5.91 Å². The van der Waals surface area contributed by atoms with Crippen LogP contribution in [0.1, 0.15) is 68.1 Å². The van der Waals surface area contributed by atoms with Gasteiger partial charge in [-0.25, -0.2) is 0 Å². The predicted octanol–water partition coefficient (Wildman–Crippen LogP) is 5.25. The van der Waals surface area contributed by atoms with Gasteiger partial charge in [0.05, 0.1) is 0 Å². The zero-order chi connectivity index (χ0) is 16.8. The van der Waals surface area contributed by atoms with Crippen LogP contribution < -0.4 is 5.32 Å². The number of fused-ring (bicyclic) bond motifs is 1. The first-order valence-corrected chi connectivity index (χ1v) is 8.90. The van der Waals surface area contributed by atoms with E-state index in [1.165, 1.54) is 24.8 Å². The number of furan rings is 1. The van der Waals surface area contributed by atoms with Crippen molar-refractivity contribution in [3.8, 4) is 0 Å². The Hall–Kier alpha value is -1.77. The van der Waals surface area contributed by atoms with Crippen molar-refractivity contribution in [1.82, 2.24) is 5.32 Å². The number of amides is 1. The third-order valence-corrected chi connectivity index (χ3v) is 4.71. The number of hydrogen-bond acceptors (Lipinski definition) is 2. The van der Waals surface area contributed by atoms with Gasteiger partial charge in [-0.05, 0) is 43.4 Å². The number of nitrogens with one attached hydrogen (secondary N) is 1. The average molecular weight is 315 g/mol. The second kappa shape index (κ2) is 8.19. The molecule has 1 N–H and O–H groups in total. The Bertz CT molecular complexity index is 657. The van der Waals surface area contributed by atoms with Gasteiger partial charge >= 0.3 is 0 Å².